The number of aromatic nitrogens is 2. The fourth-order valence-corrected chi connectivity index (χ4v) is 7.60. The first kappa shape index (κ1) is 46.1. The minimum Gasteiger partial charge on any atom is -0.870 e. The summed E-state index contributed by atoms with van der Waals surface area (Å²) < 4.78 is 28.2. The zero-order chi connectivity index (χ0) is 38.0. The zero-order valence-corrected chi connectivity index (χ0v) is 32.8. The van der Waals surface area contributed by atoms with E-state index in [1.807, 2.05) is 24.3 Å². The summed E-state index contributed by atoms with van der Waals surface area (Å²) in [5.41, 5.74) is 4.71. The molecule has 306 valence electrons. The maximum Gasteiger partial charge on any atom is 1.00 e. The van der Waals surface area contributed by atoms with Gasteiger partial charge in [0.1, 0.15) is 13.2 Å². The Balaban J connectivity index is 0.000000244. The number of rotatable bonds is 10. The van der Waals surface area contributed by atoms with Gasteiger partial charge in [-0.3, -0.25) is 19.4 Å². The second kappa shape index (κ2) is 22.5. The van der Waals surface area contributed by atoms with Crippen LogP contribution in [0.4, 0.5) is 0 Å². The first-order valence-corrected chi connectivity index (χ1v) is 19.3. The Morgan fingerprint density at radius 1 is 0.690 bits per heavy atom. The Hall–Kier alpha value is -4.64. The molecule has 8 rings (SSSR count). The van der Waals surface area contributed by atoms with Gasteiger partial charge in [0.25, 0.3) is 11.8 Å². The molecule has 4 aromatic rings. The van der Waals surface area contributed by atoms with E-state index in [1.165, 1.54) is 18.2 Å². The van der Waals surface area contributed by atoms with Crippen LogP contribution < -0.4 is 37.8 Å². The fourth-order valence-electron chi connectivity index (χ4n) is 7.60. The van der Waals surface area contributed by atoms with Crippen molar-refractivity contribution in [2.24, 2.45) is 11.8 Å². The molecule has 0 bridgehead atoms. The molecule has 0 aliphatic carbocycles. The maximum absolute atomic E-state index is 11.4. The summed E-state index contributed by atoms with van der Waals surface area (Å²) in [5, 5.41) is 8.92. The van der Waals surface area contributed by atoms with Gasteiger partial charge in [0.2, 0.25) is 0 Å². The summed E-state index contributed by atoms with van der Waals surface area (Å²) >= 11 is 0. The first-order chi connectivity index (χ1) is 26.9. The molecular formula is C44H55LiN4O9. The van der Waals surface area contributed by atoms with Crippen LogP contribution in [0.5, 0.6) is 23.3 Å². The number of carboxylic acids is 1. The van der Waals surface area contributed by atoms with Crippen molar-refractivity contribution in [2.75, 3.05) is 46.5 Å². The molecule has 0 amide bonds. The van der Waals surface area contributed by atoms with Crippen LogP contribution in [0.3, 0.4) is 0 Å². The number of fused-ring (bicyclic) bond motifs is 2. The van der Waals surface area contributed by atoms with Crippen LogP contribution in [0, 0.1) is 11.8 Å². The monoisotopic (exact) mass is 790 g/mol. The topological polar surface area (TPSA) is 163 Å². The Kier molecular flexibility index (Phi) is 17.9. The number of ether oxygens (including phenoxy) is 5. The SMILES string of the molecule is C.COC(=O)CC1CCN(Cc2ccc([C@H]3COc4cccnc4O3)cc2)CC1.O=C(O)CC1CCN(Cc2ccc([C@H]3COc4cccnc4O3)cc2)CC1.[Li+].[OH-]. The average Bonchev–Trinajstić information content (AvgIpc) is 3.22. The average molecular weight is 791 g/mol. The number of hydrogen-bond donors (Lipinski definition) is 1. The molecule has 14 heteroatoms. The fraction of sp³-hybridized carbons (Fsp3) is 0.455. The van der Waals surface area contributed by atoms with Crippen molar-refractivity contribution < 1.29 is 62.7 Å². The van der Waals surface area contributed by atoms with Gasteiger partial charge in [-0.2, -0.15) is 0 Å². The molecule has 4 aliphatic heterocycles. The molecule has 13 nitrogen and oxygen atoms in total. The molecule has 4 aliphatic rings. The van der Waals surface area contributed by atoms with Gasteiger partial charge in [0, 0.05) is 38.3 Å². The van der Waals surface area contributed by atoms with E-state index < -0.39 is 5.97 Å². The van der Waals surface area contributed by atoms with E-state index in [0.29, 0.717) is 61.2 Å². The third-order valence-corrected chi connectivity index (χ3v) is 10.8. The Morgan fingerprint density at radius 2 is 1.10 bits per heavy atom. The molecular weight excluding hydrogens is 735 g/mol. The summed E-state index contributed by atoms with van der Waals surface area (Å²) in [6.07, 6.45) is 7.99. The van der Waals surface area contributed by atoms with E-state index in [9.17, 15) is 9.59 Å². The molecule has 6 heterocycles. The van der Waals surface area contributed by atoms with Crippen LogP contribution in [-0.4, -0.2) is 88.8 Å². The number of methoxy groups -OCH3 is 1. The van der Waals surface area contributed by atoms with Crippen molar-refractivity contribution in [1.29, 1.82) is 0 Å². The van der Waals surface area contributed by atoms with E-state index in [4.69, 9.17) is 28.8 Å². The van der Waals surface area contributed by atoms with Crippen LogP contribution in [0.25, 0.3) is 0 Å². The number of nitrogens with zero attached hydrogens (tertiary/aromatic N) is 4. The number of hydrogen-bond acceptors (Lipinski definition) is 12. The number of likely N-dealkylation sites (tertiary alicyclic amines) is 2. The summed E-state index contributed by atoms with van der Waals surface area (Å²) in [6.45, 7) is 6.76. The molecule has 2 saturated heterocycles. The van der Waals surface area contributed by atoms with Gasteiger partial charge in [-0.1, -0.05) is 56.0 Å². The number of benzene rings is 2. The second-order valence-corrected chi connectivity index (χ2v) is 14.7. The number of aliphatic carboxylic acids is 1. The molecule has 2 aromatic heterocycles. The van der Waals surface area contributed by atoms with Gasteiger partial charge in [-0.05, 0) is 110 Å². The predicted molar refractivity (Wildman–Crippen MR) is 213 cm³/mol. The first-order valence-electron chi connectivity index (χ1n) is 19.3. The molecule has 2 fully saturated rings. The van der Waals surface area contributed by atoms with Crippen molar-refractivity contribution in [2.45, 2.75) is 71.2 Å². The molecule has 0 unspecified atom stereocenters. The summed E-state index contributed by atoms with van der Waals surface area (Å²) in [4.78, 5) is 35.6. The van der Waals surface area contributed by atoms with Crippen LogP contribution in [-0.2, 0) is 27.4 Å². The Bertz CT molecular complexity index is 1870. The summed E-state index contributed by atoms with van der Waals surface area (Å²) in [7, 11) is 1.46. The quantitative estimate of drug-likeness (QED) is 0.181. The van der Waals surface area contributed by atoms with Crippen molar-refractivity contribution >= 4 is 11.9 Å². The van der Waals surface area contributed by atoms with Gasteiger partial charge >= 0.3 is 30.8 Å². The van der Waals surface area contributed by atoms with E-state index in [0.717, 1.165) is 76.1 Å². The van der Waals surface area contributed by atoms with Gasteiger partial charge in [0.05, 0.1) is 7.11 Å². The van der Waals surface area contributed by atoms with Gasteiger partial charge < -0.3 is 34.3 Å². The Labute approximate surface area is 353 Å². The van der Waals surface area contributed by atoms with Gasteiger partial charge in [-0.25, -0.2) is 9.97 Å². The van der Waals surface area contributed by atoms with Crippen molar-refractivity contribution in [3.8, 4) is 23.3 Å². The summed E-state index contributed by atoms with van der Waals surface area (Å²) in [6, 6.07) is 24.4. The standard InChI is InChI=1S/C22H26N2O4.C21H24N2O4.CH4.Li.H2O/c1-26-21(25)13-16-8-11-24(12-9-16)14-17-4-6-18(7-5-17)20-15-27-19-3-2-10-23-22(19)28-20;24-20(25)12-15-7-10-23(11-8-15)13-16-3-5-17(6-4-16)19-14-26-18-2-1-9-22-21(18)27-19;;;/h2-7,10,16,20H,8-9,11-15H2,1H3;1-6,9,15,19H,7-8,10-14H2,(H,24,25);1H4;;1H2/q;;;+1;/p-1/t20-;19-;;;/m11.../s1. The van der Waals surface area contributed by atoms with E-state index in [2.05, 4.69) is 68.3 Å². The van der Waals surface area contributed by atoms with E-state index >= 15 is 0 Å². The van der Waals surface area contributed by atoms with Crippen molar-refractivity contribution in [3.63, 3.8) is 0 Å². The van der Waals surface area contributed by atoms with Crippen molar-refractivity contribution in [3.05, 3.63) is 107 Å². The molecule has 0 saturated carbocycles. The number of carbonyl (C=O) groups is 2. The predicted octanol–water partition coefficient (Wildman–Crippen LogP) is 4.11. The second-order valence-electron chi connectivity index (χ2n) is 14.7. The number of esters is 1. The molecule has 2 atom stereocenters. The minimum absolute atomic E-state index is 0. The summed E-state index contributed by atoms with van der Waals surface area (Å²) in [5.74, 6) is 2.48. The van der Waals surface area contributed by atoms with Gasteiger partial charge in [-0.15, -0.1) is 0 Å². The molecule has 2 N–H and O–H groups in total. The Morgan fingerprint density at radius 3 is 1.50 bits per heavy atom. The molecule has 0 spiro atoms. The number of piperidine rings is 2. The third kappa shape index (κ3) is 12.7. The number of carboxylic acid groups (broad SMARTS) is 1. The smallest absolute Gasteiger partial charge is 0.870 e. The minimum atomic E-state index is -0.684. The maximum atomic E-state index is 11.4. The molecule has 58 heavy (non-hydrogen) atoms. The van der Waals surface area contributed by atoms with Crippen LogP contribution in [0.15, 0.2) is 85.2 Å². The van der Waals surface area contributed by atoms with Crippen LogP contribution in [0.1, 0.15) is 80.4 Å². The van der Waals surface area contributed by atoms with Crippen LogP contribution >= 0.6 is 0 Å². The number of pyridine rings is 2. The van der Waals surface area contributed by atoms with E-state index in [1.54, 1.807) is 12.4 Å². The number of carbonyl (C=O) groups excluding carboxylic acids is 1. The van der Waals surface area contributed by atoms with Crippen molar-refractivity contribution in [1.82, 2.24) is 19.8 Å². The van der Waals surface area contributed by atoms with Crippen LogP contribution in [0.2, 0.25) is 0 Å². The van der Waals surface area contributed by atoms with Gasteiger partial charge in [0.15, 0.2) is 23.7 Å². The largest absolute Gasteiger partial charge is 1.00 e. The molecule has 0 radical (unpaired) electrons. The zero-order valence-electron chi connectivity index (χ0n) is 32.8. The molecule has 2 aromatic carbocycles. The van der Waals surface area contributed by atoms with E-state index in [-0.39, 0.29) is 49.9 Å². The normalized spacial score (nSPS) is 19.1. The third-order valence-electron chi connectivity index (χ3n) is 10.8.